The van der Waals surface area contributed by atoms with Gasteiger partial charge in [0.1, 0.15) is 10.5 Å². The van der Waals surface area contributed by atoms with Crippen LogP contribution in [0.2, 0.25) is 13.1 Å². The van der Waals surface area contributed by atoms with Crippen LogP contribution in [0, 0.1) is 0 Å². The van der Waals surface area contributed by atoms with Crippen molar-refractivity contribution in [3.63, 3.8) is 0 Å². The fraction of sp³-hybridized carbons (Fsp3) is 0.714. The molecule has 0 atom stereocenters. The minimum absolute atomic E-state index is 0.417. The third-order valence-corrected chi connectivity index (χ3v) is 0.289. The van der Waals surface area contributed by atoms with Crippen molar-refractivity contribution in [2.75, 3.05) is 7.11 Å². The van der Waals surface area contributed by atoms with Crippen molar-refractivity contribution >= 4 is 20.0 Å². The molecule has 0 fully saturated rings. The van der Waals surface area contributed by atoms with Crippen molar-refractivity contribution in [3.05, 3.63) is 12.7 Å². The van der Waals surface area contributed by atoms with Gasteiger partial charge in [-0.3, -0.25) is 0 Å². The summed E-state index contributed by atoms with van der Waals surface area (Å²) in [5.74, 6) is 0. The fourth-order valence-electron chi connectivity index (χ4n) is 0. The monoisotopic (exact) mass is 178 g/mol. The van der Waals surface area contributed by atoms with Gasteiger partial charge in [-0.05, 0) is 6.42 Å². The lowest BCUT2D eigenvalue weighted by molar-refractivity contribution is 0.460. The first kappa shape index (κ1) is 16.6. The van der Waals surface area contributed by atoms with Crippen LogP contribution in [0.4, 0.5) is 0 Å². The predicted octanol–water partition coefficient (Wildman–Crippen LogP) is 0.747. The highest BCUT2D eigenvalue weighted by Gasteiger charge is 1.45. The molecule has 0 radical (unpaired) electrons. The van der Waals surface area contributed by atoms with Gasteiger partial charge in [0.2, 0.25) is 0 Å². The topological polar surface area (TPSA) is 9.23 Å². The third-order valence-electron chi connectivity index (χ3n) is 0.289. The molecule has 0 aromatic carbocycles. The molecule has 0 saturated heterocycles. The van der Waals surface area contributed by atoms with Crippen LogP contribution in [0.15, 0.2) is 12.7 Å². The maximum Gasteiger partial charge on any atom is 0.145 e. The zero-order chi connectivity index (χ0) is 8.83. The van der Waals surface area contributed by atoms with Crippen LogP contribution < -0.4 is 0 Å². The summed E-state index contributed by atoms with van der Waals surface area (Å²) < 4.78 is 4.39. The second-order valence-electron chi connectivity index (χ2n) is 1.81. The standard InChI is InChI=1S/C4H8.C2H8Si.CH6OSi/c1-3-4-2;1-3-2;1-2-3/h3H,1,4H2,2H3;3H2,1-2H3;1,3H3. The minimum atomic E-state index is 0.417. The molecule has 0 rings (SSSR count). The van der Waals surface area contributed by atoms with E-state index in [9.17, 15) is 0 Å². The normalized spacial score (nSPS) is 6.40. The molecular weight excluding hydrogens is 156 g/mol. The van der Waals surface area contributed by atoms with E-state index in [-0.39, 0.29) is 0 Å². The first-order valence-corrected chi connectivity index (χ1v) is 7.40. The molecule has 0 spiro atoms. The van der Waals surface area contributed by atoms with Gasteiger partial charge in [0.25, 0.3) is 0 Å². The minimum Gasteiger partial charge on any atom is -0.431 e. The van der Waals surface area contributed by atoms with Gasteiger partial charge in [-0.15, -0.1) is 6.58 Å². The average Bonchev–Trinajstić information content (AvgIpc) is 1.91. The zero-order valence-electron chi connectivity index (χ0n) is 8.11. The molecule has 0 unspecified atom stereocenters. The summed E-state index contributed by atoms with van der Waals surface area (Å²) in [6, 6.07) is 0. The molecule has 0 saturated carbocycles. The Hall–Kier alpha value is 0.134. The lowest BCUT2D eigenvalue weighted by Crippen LogP contribution is -1.60. The van der Waals surface area contributed by atoms with Crippen LogP contribution in [-0.2, 0) is 4.43 Å². The second-order valence-corrected chi connectivity index (χ2v) is 4.04. The van der Waals surface area contributed by atoms with Crippen molar-refractivity contribution in [2.45, 2.75) is 26.4 Å². The largest absolute Gasteiger partial charge is 0.431 e. The molecule has 10 heavy (non-hydrogen) atoms. The van der Waals surface area contributed by atoms with E-state index in [1.807, 2.05) is 6.08 Å². The summed E-state index contributed by atoms with van der Waals surface area (Å²) in [6.45, 7) is 10.1. The average molecular weight is 178 g/mol. The van der Waals surface area contributed by atoms with Crippen LogP contribution in [-0.4, -0.2) is 27.1 Å². The fourth-order valence-corrected chi connectivity index (χ4v) is 0. The van der Waals surface area contributed by atoms with Gasteiger partial charge in [0.15, 0.2) is 0 Å². The van der Waals surface area contributed by atoms with Gasteiger partial charge in [0.05, 0.1) is 0 Å². The molecule has 0 aliphatic carbocycles. The Kier molecular flexibility index (Phi) is 58.7. The van der Waals surface area contributed by atoms with E-state index in [1.165, 1.54) is 0 Å². The van der Waals surface area contributed by atoms with Crippen molar-refractivity contribution < 1.29 is 4.43 Å². The van der Waals surface area contributed by atoms with Gasteiger partial charge in [-0.25, -0.2) is 0 Å². The van der Waals surface area contributed by atoms with Gasteiger partial charge in [-0.1, -0.05) is 26.1 Å². The van der Waals surface area contributed by atoms with Gasteiger partial charge in [0, 0.05) is 16.6 Å². The Morgan fingerprint density at radius 2 is 1.70 bits per heavy atom. The van der Waals surface area contributed by atoms with Gasteiger partial charge in [-0.2, -0.15) is 0 Å². The molecule has 0 aromatic heterocycles. The molecule has 0 aromatic rings. The van der Waals surface area contributed by atoms with E-state index < -0.39 is 0 Å². The van der Waals surface area contributed by atoms with Gasteiger partial charge >= 0.3 is 0 Å². The molecule has 0 N–H and O–H groups in total. The molecule has 0 bridgehead atoms. The summed E-state index contributed by atoms with van der Waals surface area (Å²) >= 11 is 0. The highest BCUT2D eigenvalue weighted by Crippen LogP contribution is 1.66. The SMILES string of the molecule is C=CCC.CO[SiH3].C[SiH2]C. The molecule has 0 heterocycles. The third kappa shape index (κ3) is 322. The smallest absolute Gasteiger partial charge is 0.145 e. The van der Waals surface area contributed by atoms with Crippen molar-refractivity contribution in [1.29, 1.82) is 0 Å². The first-order valence-electron chi connectivity index (χ1n) is 3.75. The Morgan fingerprint density at radius 1 is 1.60 bits per heavy atom. The Balaban J connectivity index is -0.0000000750. The molecule has 0 amide bonds. The van der Waals surface area contributed by atoms with E-state index in [0.717, 1.165) is 16.9 Å². The number of allylic oxidation sites excluding steroid dienone is 1. The molecule has 0 aliphatic heterocycles. The van der Waals surface area contributed by atoms with Crippen LogP contribution in [0.3, 0.4) is 0 Å². The number of hydrogen-bond donors (Lipinski definition) is 0. The lowest BCUT2D eigenvalue weighted by Gasteiger charge is -1.61. The summed E-state index contributed by atoms with van der Waals surface area (Å²) in [5.41, 5.74) is 0. The van der Waals surface area contributed by atoms with E-state index >= 15 is 0 Å². The first-order chi connectivity index (χ1) is 4.74. The highest BCUT2D eigenvalue weighted by molar-refractivity contribution is 6.31. The summed E-state index contributed by atoms with van der Waals surface area (Å²) in [7, 11) is 2.97. The van der Waals surface area contributed by atoms with Gasteiger partial charge < -0.3 is 4.43 Å². The Bertz CT molecular complexity index is 38.6. The lowest BCUT2D eigenvalue weighted by atomic mass is 10.5. The van der Waals surface area contributed by atoms with Crippen molar-refractivity contribution in [1.82, 2.24) is 0 Å². The van der Waals surface area contributed by atoms with E-state index in [4.69, 9.17) is 0 Å². The quantitative estimate of drug-likeness (QED) is 0.425. The maximum atomic E-state index is 4.39. The summed E-state index contributed by atoms with van der Waals surface area (Å²) in [5, 5.41) is 0. The van der Waals surface area contributed by atoms with E-state index in [1.54, 1.807) is 7.11 Å². The van der Waals surface area contributed by atoms with Crippen LogP contribution in [0.1, 0.15) is 13.3 Å². The van der Waals surface area contributed by atoms with Crippen molar-refractivity contribution in [3.8, 4) is 0 Å². The van der Waals surface area contributed by atoms with E-state index in [0.29, 0.717) is 9.52 Å². The number of hydrogen-bond acceptors (Lipinski definition) is 1. The predicted molar refractivity (Wildman–Crippen MR) is 57.7 cm³/mol. The molecular formula is C7H22OSi2. The van der Waals surface area contributed by atoms with Crippen LogP contribution in [0.5, 0.6) is 0 Å². The Morgan fingerprint density at radius 3 is 1.70 bits per heavy atom. The van der Waals surface area contributed by atoms with Crippen molar-refractivity contribution in [2.24, 2.45) is 0 Å². The van der Waals surface area contributed by atoms with Crippen LogP contribution in [0.25, 0.3) is 0 Å². The molecule has 3 heteroatoms. The molecule has 0 aliphatic rings. The Labute approximate surface area is 71.2 Å². The highest BCUT2D eigenvalue weighted by atomic mass is 28.2. The molecule has 64 valence electrons. The molecule has 1 nitrogen and oxygen atoms in total. The summed E-state index contributed by atoms with van der Waals surface area (Å²) in [6.07, 6.45) is 2.96. The van der Waals surface area contributed by atoms with E-state index in [2.05, 4.69) is 31.0 Å². The summed E-state index contributed by atoms with van der Waals surface area (Å²) in [4.78, 5) is 0. The van der Waals surface area contributed by atoms with Crippen LogP contribution >= 0.6 is 0 Å². The number of rotatable bonds is 1. The second kappa shape index (κ2) is 35.4. The zero-order valence-corrected chi connectivity index (χ0v) is 11.5. The maximum absolute atomic E-state index is 4.39.